The SMILES string of the molecule is CC(=O)c1ccc(NC(=O)CSc2nnc(Cc3c(C)[nH]c(=O)n(C)c3=O)o2)cc1. The van der Waals surface area contributed by atoms with Crippen molar-refractivity contribution in [1.29, 1.82) is 0 Å². The molecular formula is C19H19N5O5S. The second-order valence-electron chi connectivity index (χ2n) is 6.51. The van der Waals surface area contributed by atoms with Gasteiger partial charge >= 0.3 is 5.69 Å². The number of ketones is 1. The zero-order valence-corrected chi connectivity index (χ0v) is 17.3. The monoisotopic (exact) mass is 429 g/mol. The van der Waals surface area contributed by atoms with Gasteiger partial charge in [-0.1, -0.05) is 11.8 Å². The van der Waals surface area contributed by atoms with Crippen LogP contribution in [0.5, 0.6) is 0 Å². The van der Waals surface area contributed by atoms with Crippen molar-refractivity contribution in [2.75, 3.05) is 11.1 Å². The molecule has 0 aliphatic carbocycles. The predicted octanol–water partition coefficient (Wildman–Crippen LogP) is 1.29. The number of aromatic amines is 1. The Balaban J connectivity index is 1.59. The molecule has 2 N–H and O–H groups in total. The van der Waals surface area contributed by atoms with Crippen molar-refractivity contribution in [2.24, 2.45) is 7.05 Å². The molecule has 0 saturated heterocycles. The lowest BCUT2D eigenvalue weighted by molar-refractivity contribution is -0.113. The highest BCUT2D eigenvalue weighted by molar-refractivity contribution is 7.99. The molecule has 3 aromatic rings. The van der Waals surface area contributed by atoms with Crippen LogP contribution in [-0.2, 0) is 18.3 Å². The second kappa shape index (κ2) is 8.91. The van der Waals surface area contributed by atoms with Crippen molar-refractivity contribution in [3.8, 4) is 0 Å². The summed E-state index contributed by atoms with van der Waals surface area (Å²) in [4.78, 5) is 49.8. The highest BCUT2D eigenvalue weighted by Gasteiger charge is 2.15. The van der Waals surface area contributed by atoms with E-state index in [0.29, 0.717) is 22.5 Å². The fourth-order valence-electron chi connectivity index (χ4n) is 2.61. The van der Waals surface area contributed by atoms with Crippen LogP contribution in [0, 0.1) is 6.92 Å². The minimum atomic E-state index is -0.495. The molecule has 0 saturated carbocycles. The van der Waals surface area contributed by atoms with E-state index in [1.165, 1.54) is 14.0 Å². The Morgan fingerprint density at radius 1 is 1.20 bits per heavy atom. The summed E-state index contributed by atoms with van der Waals surface area (Å²) in [6.07, 6.45) is 0.0670. The van der Waals surface area contributed by atoms with E-state index < -0.39 is 11.2 Å². The normalized spacial score (nSPS) is 10.8. The third-order valence-corrected chi connectivity index (χ3v) is 5.11. The Kier molecular flexibility index (Phi) is 6.31. The molecule has 0 atom stereocenters. The van der Waals surface area contributed by atoms with E-state index in [-0.39, 0.29) is 35.0 Å². The number of aryl methyl sites for hydroxylation is 1. The van der Waals surface area contributed by atoms with Crippen molar-refractivity contribution < 1.29 is 14.0 Å². The molecule has 0 unspecified atom stereocenters. The first-order valence-electron chi connectivity index (χ1n) is 8.89. The van der Waals surface area contributed by atoms with Crippen LogP contribution in [0.4, 0.5) is 5.69 Å². The van der Waals surface area contributed by atoms with Gasteiger partial charge < -0.3 is 14.7 Å². The minimum Gasteiger partial charge on any atom is -0.416 e. The quantitative estimate of drug-likeness (QED) is 0.423. The molecule has 0 radical (unpaired) electrons. The Bertz CT molecular complexity index is 1210. The van der Waals surface area contributed by atoms with Crippen molar-refractivity contribution in [3.05, 3.63) is 67.8 Å². The lowest BCUT2D eigenvalue weighted by Crippen LogP contribution is -2.36. The van der Waals surface area contributed by atoms with Crippen LogP contribution in [-0.4, -0.2) is 37.2 Å². The van der Waals surface area contributed by atoms with Crippen LogP contribution in [0.25, 0.3) is 0 Å². The van der Waals surface area contributed by atoms with E-state index in [2.05, 4.69) is 20.5 Å². The maximum absolute atomic E-state index is 12.2. The van der Waals surface area contributed by atoms with Gasteiger partial charge in [0.05, 0.1) is 12.2 Å². The van der Waals surface area contributed by atoms with Crippen LogP contribution in [0.3, 0.4) is 0 Å². The Morgan fingerprint density at radius 2 is 1.90 bits per heavy atom. The van der Waals surface area contributed by atoms with Crippen LogP contribution >= 0.6 is 11.8 Å². The number of aromatic nitrogens is 4. The first-order chi connectivity index (χ1) is 14.2. The lowest BCUT2D eigenvalue weighted by Gasteiger charge is -2.05. The van der Waals surface area contributed by atoms with E-state index >= 15 is 0 Å². The number of amides is 1. The molecule has 1 aromatic carbocycles. The Morgan fingerprint density at radius 3 is 2.57 bits per heavy atom. The van der Waals surface area contributed by atoms with Crippen LogP contribution < -0.4 is 16.6 Å². The van der Waals surface area contributed by atoms with E-state index in [9.17, 15) is 19.2 Å². The number of H-pyrrole nitrogens is 1. The smallest absolute Gasteiger partial charge is 0.328 e. The molecule has 30 heavy (non-hydrogen) atoms. The maximum Gasteiger partial charge on any atom is 0.328 e. The number of hydrogen-bond donors (Lipinski definition) is 2. The zero-order chi connectivity index (χ0) is 21.8. The minimum absolute atomic E-state index is 0.0372. The number of nitrogens with zero attached hydrogens (tertiary/aromatic N) is 3. The summed E-state index contributed by atoms with van der Waals surface area (Å²) in [6, 6.07) is 6.57. The number of Topliss-reactive ketones (excluding diaryl/α,β-unsaturated/α-hetero) is 1. The van der Waals surface area contributed by atoms with Crippen LogP contribution in [0.2, 0.25) is 0 Å². The van der Waals surface area contributed by atoms with E-state index in [4.69, 9.17) is 4.42 Å². The molecule has 0 fully saturated rings. The van der Waals surface area contributed by atoms with Gasteiger partial charge in [0, 0.05) is 29.6 Å². The van der Waals surface area contributed by atoms with Crippen LogP contribution in [0.1, 0.15) is 34.4 Å². The number of rotatable bonds is 7. The molecule has 2 aromatic heterocycles. The van der Waals surface area contributed by atoms with Gasteiger partial charge in [0.25, 0.3) is 10.8 Å². The number of nitrogens with one attached hydrogen (secondary N) is 2. The molecular weight excluding hydrogens is 410 g/mol. The summed E-state index contributed by atoms with van der Waals surface area (Å²) in [5.41, 5.74) is 0.994. The summed E-state index contributed by atoms with van der Waals surface area (Å²) in [5.74, 6) is -0.0913. The molecule has 11 heteroatoms. The molecule has 156 valence electrons. The Hall–Kier alpha value is -3.47. The maximum atomic E-state index is 12.2. The summed E-state index contributed by atoms with van der Waals surface area (Å²) in [5, 5.41) is 10.7. The summed E-state index contributed by atoms with van der Waals surface area (Å²) < 4.78 is 6.47. The molecule has 3 rings (SSSR count). The third-order valence-electron chi connectivity index (χ3n) is 4.29. The van der Waals surface area contributed by atoms with Crippen molar-refractivity contribution in [2.45, 2.75) is 25.5 Å². The predicted molar refractivity (Wildman–Crippen MR) is 110 cm³/mol. The molecule has 0 aliphatic rings. The van der Waals surface area contributed by atoms with Gasteiger partial charge in [0.1, 0.15) is 0 Å². The number of hydrogen-bond acceptors (Lipinski definition) is 8. The molecule has 1 amide bonds. The molecule has 10 nitrogen and oxygen atoms in total. The summed E-state index contributed by atoms with van der Waals surface area (Å²) >= 11 is 1.05. The number of carbonyl (C=O) groups is 2. The largest absolute Gasteiger partial charge is 0.416 e. The van der Waals surface area contributed by atoms with Gasteiger partial charge in [-0.2, -0.15) is 0 Å². The van der Waals surface area contributed by atoms with Gasteiger partial charge in [0.15, 0.2) is 5.78 Å². The van der Waals surface area contributed by atoms with Crippen molar-refractivity contribution in [3.63, 3.8) is 0 Å². The highest BCUT2D eigenvalue weighted by atomic mass is 32.2. The fourth-order valence-corrected chi connectivity index (χ4v) is 3.20. The zero-order valence-electron chi connectivity index (χ0n) is 16.5. The first kappa shape index (κ1) is 21.2. The van der Waals surface area contributed by atoms with Gasteiger partial charge in [-0.15, -0.1) is 10.2 Å². The topological polar surface area (TPSA) is 140 Å². The van der Waals surface area contributed by atoms with Crippen molar-refractivity contribution in [1.82, 2.24) is 19.7 Å². The molecule has 0 aliphatic heterocycles. The Labute approximate surface area is 174 Å². The molecule has 2 heterocycles. The van der Waals surface area contributed by atoms with E-state index in [1.807, 2.05) is 0 Å². The molecule has 0 spiro atoms. The standard InChI is InChI=1S/C19H19N5O5S/c1-10-14(17(27)24(3)18(28)20-10)8-16-22-23-19(29-16)30-9-15(26)21-13-6-4-12(5-7-13)11(2)25/h4-7H,8-9H2,1-3H3,(H,20,28)(H,21,26). The van der Waals surface area contributed by atoms with Gasteiger partial charge in [0.2, 0.25) is 11.8 Å². The number of anilines is 1. The van der Waals surface area contributed by atoms with E-state index in [1.54, 1.807) is 31.2 Å². The molecule has 0 bridgehead atoms. The average Bonchev–Trinajstić information content (AvgIpc) is 3.16. The summed E-state index contributed by atoms with van der Waals surface area (Å²) in [7, 11) is 1.38. The van der Waals surface area contributed by atoms with Gasteiger partial charge in [-0.3, -0.25) is 19.0 Å². The average molecular weight is 429 g/mol. The fraction of sp³-hybridized carbons (Fsp3) is 0.263. The lowest BCUT2D eigenvalue weighted by atomic mass is 10.1. The van der Waals surface area contributed by atoms with Crippen molar-refractivity contribution >= 4 is 29.1 Å². The van der Waals surface area contributed by atoms with Crippen LogP contribution in [0.15, 0.2) is 43.5 Å². The van der Waals surface area contributed by atoms with Gasteiger partial charge in [-0.05, 0) is 38.1 Å². The number of thioether (sulfide) groups is 1. The first-order valence-corrected chi connectivity index (χ1v) is 9.88. The van der Waals surface area contributed by atoms with Gasteiger partial charge in [-0.25, -0.2) is 4.79 Å². The third kappa shape index (κ3) is 4.92. The number of carbonyl (C=O) groups excluding carboxylic acids is 2. The highest BCUT2D eigenvalue weighted by Crippen LogP contribution is 2.18. The number of benzene rings is 1. The van der Waals surface area contributed by atoms with E-state index in [0.717, 1.165) is 16.3 Å². The second-order valence-corrected chi connectivity index (χ2v) is 7.43. The summed E-state index contributed by atoms with van der Waals surface area (Å²) in [6.45, 7) is 3.09.